The lowest BCUT2D eigenvalue weighted by molar-refractivity contribution is 0.0950. The van der Waals surface area contributed by atoms with E-state index < -0.39 is 26.6 Å². The molecular weight excluding hydrogens is 395 g/mol. The van der Waals surface area contributed by atoms with Crippen LogP contribution in [0.1, 0.15) is 15.9 Å². The van der Waals surface area contributed by atoms with Crippen LogP contribution in [0.3, 0.4) is 0 Å². The molecule has 0 aliphatic carbocycles. The summed E-state index contributed by atoms with van der Waals surface area (Å²) >= 11 is 0. The van der Waals surface area contributed by atoms with Gasteiger partial charge in [-0.2, -0.15) is 0 Å². The van der Waals surface area contributed by atoms with Crippen LogP contribution in [0.25, 0.3) is 0 Å². The molecule has 0 aliphatic rings. The summed E-state index contributed by atoms with van der Waals surface area (Å²) in [5, 5.41) is 2.69. The van der Waals surface area contributed by atoms with Gasteiger partial charge in [-0.25, -0.2) is 12.8 Å². The summed E-state index contributed by atoms with van der Waals surface area (Å²) in [6.45, 7) is 0.267. The summed E-state index contributed by atoms with van der Waals surface area (Å²) in [5.41, 5.74) is 1.17. The van der Waals surface area contributed by atoms with Gasteiger partial charge in [-0.05, 0) is 48.0 Å². The van der Waals surface area contributed by atoms with Crippen molar-refractivity contribution in [1.82, 2.24) is 5.32 Å². The highest BCUT2D eigenvalue weighted by Gasteiger charge is 2.21. The number of sulfonamides is 1. The number of methoxy groups -OCH3 is 1. The Balaban J connectivity index is 1.78. The van der Waals surface area contributed by atoms with Gasteiger partial charge in [0.05, 0.1) is 7.11 Å². The van der Waals surface area contributed by atoms with E-state index in [0.717, 1.165) is 17.7 Å². The summed E-state index contributed by atoms with van der Waals surface area (Å²) in [6.07, 6.45) is 0. The first-order valence-corrected chi connectivity index (χ1v) is 10.2. The van der Waals surface area contributed by atoms with Gasteiger partial charge in [0.1, 0.15) is 16.5 Å². The molecule has 8 heteroatoms. The molecule has 150 valence electrons. The standard InChI is InChI=1S/C21H19FN2O4S/c1-28-18-10-8-17(9-11-18)24-29(26,27)20-13-16(7-12-19(20)22)21(25)23-14-15-5-3-2-4-6-15/h2-13,24H,14H2,1H3,(H,23,25). The number of hydrogen-bond donors (Lipinski definition) is 2. The second kappa shape index (κ2) is 8.74. The van der Waals surface area contributed by atoms with Crippen molar-refractivity contribution in [3.05, 3.63) is 89.7 Å². The van der Waals surface area contributed by atoms with Crippen LogP contribution in [0.15, 0.2) is 77.7 Å². The number of carbonyl (C=O) groups is 1. The summed E-state index contributed by atoms with van der Waals surface area (Å²) in [6, 6.07) is 18.6. The number of amides is 1. The van der Waals surface area contributed by atoms with Gasteiger partial charge in [-0.3, -0.25) is 9.52 Å². The van der Waals surface area contributed by atoms with Crippen molar-refractivity contribution in [2.75, 3.05) is 11.8 Å². The van der Waals surface area contributed by atoms with Gasteiger partial charge in [0.2, 0.25) is 0 Å². The molecule has 0 radical (unpaired) electrons. The van der Waals surface area contributed by atoms with Crippen molar-refractivity contribution in [2.45, 2.75) is 11.4 Å². The maximum Gasteiger partial charge on any atom is 0.264 e. The largest absolute Gasteiger partial charge is 0.497 e. The molecule has 0 saturated heterocycles. The fourth-order valence-electron chi connectivity index (χ4n) is 2.60. The second-order valence-electron chi connectivity index (χ2n) is 6.15. The van der Waals surface area contributed by atoms with Crippen LogP contribution >= 0.6 is 0 Å². The maximum atomic E-state index is 14.2. The van der Waals surface area contributed by atoms with Gasteiger partial charge in [0.15, 0.2) is 0 Å². The predicted octanol–water partition coefficient (Wildman–Crippen LogP) is 3.57. The normalized spacial score (nSPS) is 11.0. The number of benzene rings is 3. The zero-order valence-corrected chi connectivity index (χ0v) is 16.4. The molecule has 0 heterocycles. The van der Waals surface area contributed by atoms with Crippen molar-refractivity contribution >= 4 is 21.6 Å². The molecule has 3 aromatic carbocycles. The van der Waals surface area contributed by atoms with E-state index in [2.05, 4.69) is 10.0 Å². The van der Waals surface area contributed by atoms with Gasteiger partial charge in [0, 0.05) is 17.8 Å². The molecule has 2 N–H and O–H groups in total. The molecule has 0 aliphatic heterocycles. The first-order valence-electron chi connectivity index (χ1n) is 8.67. The van der Waals surface area contributed by atoms with Gasteiger partial charge >= 0.3 is 0 Å². The monoisotopic (exact) mass is 414 g/mol. The Bertz CT molecular complexity index is 1100. The number of halogens is 1. The van der Waals surface area contributed by atoms with E-state index in [-0.39, 0.29) is 17.8 Å². The van der Waals surface area contributed by atoms with E-state index in [1.165, 1.54) is 25.3 Å². The molecule has 0 aromatic heterocycles. The molecule has 3 rings (SSSR count). The van der Waals surface area contributed by atoms with E-state index in [0.29, 0.717) is 5.75 Å². The molecular formula is C21H19FN2O4S. The third-order valence-corrected chi connectivity index (χ3v) is 5.52. The fourth-order valence-corrected chi connectivity index (χ4v) is 3.76. The molecule has 0 unspecified atom stereocenters. The van der Waals surface area contributed by atoms with Crippen molar-refractivity contribution in [3.63, 3.8) is 0 Å². The Kier molecular flexibility index (Phi) is 6.13. The summed E-state index contributed by atoms with van der Waals surface area (Å²) in [4.78, 5) is 11.8. The molecule has 0 saturated carbocycles. The summed E-state index contributed by atoms with van der Waals surface area (Å²) in [7, 11) is -2.74. The van der Waals surface area contributed by atoms with Crippen molar-refractivity contribution < 1.29 is 22.3 Å². The van der Waals surface area contributed by atoms with Crippen LogP contribution in [0.2, 0.25) is 0 Å². The van der Waals surface area contributed by atoms with Crippen molar-refractivity contribution in [2.24, 2.45) is 0 Å². The highest BCUT2D eigenvalue weighted by Crippen LogP contribution is 2.22. The third-order valence-electron chi connectivity index (χ3n) is 4.12. The Morgan fingerprint density at radius 1 is 1.00 bits per heavy atom. The smallest absolute Gasteiger partial charge is 0.264 e. The van der Waals surface area contributed by atoms with Gasteiger partial charge in [0.25, 0.3) is 15.9 Å². The zero-order valence-electron chi connectivity index (χ0n) is 15.6. The Morgan fingerprint density at radius 2 is 1.69 bits per heavy atom. The lowest BCUT2D eigenvalue weighted by Crippen LogP contribution is -2.23. The van der Waals surface area contributed by atoms with E-state index >= 15 is 0 Å². The molecule has 6 nitrogen and oxygen atoms in total. The summed E-state index contributed by atoms with van der Waals surface area (Å²) < 4.78 is 46.8. The highest BCUT2D eigenvalue weighted by atomic mass is 32.2. The van der Waals surface area contributed by atoms with Crippen molar-refractivity contribution in [3.8, 4) is 5.75 Å². The molecule has 0 atom stereocenters. The molecule has 0 fully saturated rings. The number of carbonyl (C=O) groups excluding carboxylic acids is 1. The fraction of sp³-hybridized carbons (Fsp3) is 0.0952. The Morgan fingerprint density at radius 3 is 2.34 bits per heavy atom. The first kappa shape index (κ1) is 20.3. The van der Waals surface area contributed by atoms with Crippen LogP contribution in [-0.4, -0.2) is 21.4 Å². The van der Waals surface area contributed by atoms with Crippen LogP contribution in [0, 0.1) is 5.82 Å². The highest BCUT2D eigenvalue weighted by molar-refractivity contribution is 7.92. The molecule has 0 spiro atoms. The summed E-state index contributed by atoms with van der Waals surface area (Å²) in [5.74, 6) is -0.906. The van der Waals surface area contributed by atoms with Crippen molar-refractivity contribution in [1.29, 1.82) is 0 Å². The second-order valence-corrected chi connectivity index (χ2v) is 7.80. The van der Waals surface area contributed by atoms with Crippen LogP contribution in [0.4, 0.5) is 10.1 Å². The zero-order chi connectivity index (χ0) is 20.9. The van der Waals surface area contributed by atoms with Gasteiger partial charge in [-0.1, -0.05) is 30.3 Å². The quantitative estimate of drug-likeness (QED) is 0.619. The van der Waals surface area contributed by atoms with Gasteiger partial charge in [-0.15, -0.1) is 0 Å². The lowest BCUT2D eigenvalue weighted by atomic mass is 10.2. The number of hydrogen-bond acceptors (Lipinski definition) is 4. The Hall–Kier alpha value is -3.39. The molecule has 0 bridgehead atoms. The number of anilines is 1. The van der Waals surface area contributed by atoms with E-state index in [9.17, 15) is 17.6 Å². The first-order chi connectivity index (χ1) is 13.9. The minimum atomic E-state index is -4.23. The maximum absolute atomic E-state index is 14.2. The predicted molar refractivity (Wildman–Crippen MR) is 108 cm³/mol. The lowest BCUT2D eigenvalue weighted by Gasteiger charge is -2.11. The van der Waals surface area contributed by atoms with E-state index in [1.807, 2.05) is 30.3 Å². The Labute approximate surface area is 168 Å². The minimum absolute atomic E-state index is 0.0393. The third kappa shape index (κ3) is 5.11. The van der Waals surface area contributed by atoms with E-state index in [1.54, 1.807) is 12.1 Å². The molecule has 1 amide bonds. The van der Waals surface area contributed by atoms with Crippen LogP contribution < -0.4 is 14.8 Å². The van der Waals surface area contributed by atoms with Crippen LogP contribution in [-0.2, 0) is 16.6 Å². The number of nitrogens with one attached hydrogen (secondary N) is 2. The average molecular weight is 414 g/mol. The minimum Gasteiger partial charge on any atom is -0.497 e. The number of ether oxygens (including phenoxy) is 1. The molecule has 29 heavy (non-hydrogen) atoms. The molecule has 3 aromatic rings. The number of rotatable bonds is 7. The SMILES string of the molecule is COc1ccc(NS(=O)(=O)c2cc(C(=O)NCc3ccccc3)ccc2F)cc1. The van der Waals surface area contributed by atoms with Gasteiger partial charge < -0.3 is 10.1 Å². The van der Waals surface area contributed by atoms with Crippen LogP contribution in [0.5, 0.6) is 5.75 Å². The van der Waals surface area contributed by atoms with E-state index in [4.69, 9.17) is 4.74 Å². The topological polar surface area (TPSA) is 84.5 Å². The average Bonchev–Trinajstić information content (AvgIpc) is 2.73.